The van der Waals surface area contributed by atoms with Crippen LogP contribution in [0, 0.1) is 0 Å². The fourth-order valence-electron chi connectivity index (χ4n) is 8.02. The molecule has 290 valence electrons. The summed E-state index contributed by atoms with van der Waals surface area (Å²) < 4.78 is 11.8. The second kappa shape index (κ2) is 14.4. The molecule has 2 fully saturated rings. The van der Waals surface area contributed by atoms with E-state index < -0.39 is 35.6 Å². The zero-order valence-electron chi connectivity index (χ0n) is 30.8. The van der Waals surface area contributed by atoms with Gasteiger partial charge in [0, 0.05) is 58.0 Å². The first-order chi connectivity index (χ1) is 28.1. The van der Waals surface area contributed by atoms with E-state index in [0.29, 0.717) is 53.9 Å². The zero-order chi connectivity index (χ0) is 40.2. The first kappa shape index (κ1) is 36.4. The molecule has 4 amide bonds. The van der Waals surface area contributed by atoms with Gasteiger partial charge in [0.1, 0.15) is 11.5 Å². The van der Waals surface area contributed by atoms with E-state index in [9.17, 15) is 38.4 Å². The molecule has 2 saturated heterocycles. The van der Waals surface area contributed by atoms with Gasteiger partial charge in [0.2, 0.25) is 0 Å². The quantitative estimate of drug-likeness (QED) is 0.0637. The lowest BCUT2D eigenvalue weighted by Crippen LogP contribution is -2.32. The van der Waals surface area contributed by atoms with Crippen molar-refractivity contribution in [1.82, 2.24) is 10.1 Å². The zero-order valence-corrected chi connectivity index (χ0v) is 30.8. The van der Waals surface area contributed by atoms with E-state index in [0.717, 1.165) is 32.3 Å². The number of fused-ring (bicyclic) bond motifs is 6. The lowest BCUT2D eigenvalue weighted by atomic mass is 9.85. The van der Waals surface area contributed by atoms with Gasteiger partial charge in [0.15, 0.2) is 10.9 Å². The summed E-state index contributed by atoms with van der Waals surface area (Å²) in [6.45, 7) is 0.222. The number of hydrogen-bond acceptors (Lipinski definition) is 12. The fourth-order valence-corrected chi connectivity index (χ4v) is 8.02. The number of ether oxygens (including phenoxy) is 2. The van der Waals surface area contributed by atoms with E-state index in [1.165, 1.54) is 0 Å². The highest BCUT2D eigenvalue weighted by Gasteiger charge is 2.33. The van der Waals surface area contributed by atoms with E-state index in [-0.39, 0.29) is 75.4 Å². The molecule has 58 heavy (non-hydrogen) atoms. The van der Waals surface area contributed by atoms with Crippen LogP contribution in [-0.2, 0) is 38.4 Å². The van der Waals surface area contributed by atoms with Crippen molar-refractivity contribution < 1.29 is 47.9 Å². The third-order valence-electron chi connectivity index (χ3n) is 10.7. The van der Waals surface area contributed by atoms with Crippen LogP contribution in [0.5, 0.6) is 11.5 Å². The van der Waals surface area contributed by atoms with Crippen LogP contribution in [0.15, 0.2) is 82.4 Å². The minimum atomic E-state index is -0.725. The molecule has 0 saturated carbocycles. The van der Waals surface area contributed by atoms with Crippen LogP contribution in [0.3, 0.4) is 0 Å². The van der Waals surface area contributed by atoms with Crippen molar-refractivity contribution in [3.63, 3.8) is 0 Å². The molecular formula is C44H32N2O12. The second-order valence-electron chi connectivity index (χ2n) is 14.3. The van der Waals surface area contributed by atoms with E-state index in [1.54, 1.807) is 36.4 Å². The SMILES string of the molecule is O=C(CCCOc1ccc2c(c1)c(=O)c1cccc3c1c2c1cccc2c(=O)c4cc(OCCCC(=O)ON5C(=O)CCC5=O)ccc4c3c21)ON1C(=O)CCC1=O. The largest absolute Gasteiger partial charge is 0.494 e. The van der Waals surface area contributed by atoms with Crippen molar-refractivity contribution in [3.05, 3.63) is 93.2 Å². The summed E-state index contributed by atoms with van der Waals surface area (Å²) in [6.07, 6.45) is 0.347. The van der Waals surface area contributed by atoms with Gasteiger partial charge >= 0.3 is 11.9 Å². The molecule has 7 aromatic carbocycles. The Morgan fingerprint density at radius 2 is 0.810 bits per heavy atom. The van der Waals surface area contributed by atoms with Crippen LogP contribution in [0.2, 0.25) is 0 Å². The number of imide groups is 2. The lowest BCUT2D eigenvalue weighted by molar-refractivity contribution is -0.197. The lowest BCUT2D eigenvalue weighted by Gasteiger charge is -2.18. The summed E-state index contributed by atoms with van der Waals surface area (Å²) in [7, 11) is 0. The second-order valence-corrected chi connectivity index (χ2v) is 14.3. The molecule has 14 nitrogen and oxygen atoms in total. The van der Waals surface area contributed by atoms with Crippen molar-refractivity contribution in [3.8, 4) is 11.5 Å². The van der Waals surface area contributed by atoms with Crippen molar-refractivity contribution in [2.24, 2.45) is 0 Å². The van der Waals surface area contributed by atoms with Gasteiger partial charge < -0.3 is 19.1 Å². The van der Waals surface area contributed by atoms with Crippen molar-refractivity contribution >= 4 is 100 Å². The molecule has 0 aromatic heterocycles. The number of rotatable bonds is 12. The summed E-state index contributed by atoms with van der Waals surface area (Å²) in [6, 6.07) is 21.6. The van der Waals surface area contributed by atoms with Gasteiger partial charge in [-0.2, -0.15) is 0 Å². The number of hydroxylamine groups is 4. The van der Waals surface area contributed by atoms with Gasteiger partial charge in [-0.25, -0.2) is 9.59 Å². The number of carbonyl (C=O) groups excluding carboxylic acids is 6. The van der Waals surface area contributed by atoms with Crippen molar-refractivity contribution in [2.75, 3.05) is 13.2 Å². The molecule has 9 rings (SSSR count). The Morgan fingerprint density at radius 1 is 0.448 bits per heavy atom. The van der Waals surface area contributed by atoms with E-state index in [4.69, 9.17) is 19.1 Å². The Kier molecular flexibility index (Phi) is 9.03. The van der Waals surface area contributed by atoms with Crippen LogP contribution in [0.25, 0.3) is 64.6 Å². The molecular weight excluding hydrogens is 748 g/mol. The highest BCUT2D eigenvalue weighted by atomic mass is 16.7. The van der Waals surface area contributed by atoms with Gasteiger partial charge in [-0.15, -0.1) is 10.1 Å². The standard InChI is InChI=1S/C44H32N2O12/c47-33-15-16-34(48)45(33)57-37(51)9-3-19-55-23-12-14-26-31(21-23)43(53)29-7-1-5-27-39-25-13-11-24(56-20-4-10-38(52)58-46-35(49)17-18-36(46)50)22-32(25)44(54)30-8-2-6-28(42(30)39)40(26)41(27)29/h1-2,5-8,11-14,21-22H,3-4,9-10,15-20H2. The Bertz CT molecular complexity index is 2810. The van der Waals surface area contributed by atoms with Gasteiger partial charge in [0.05, 0.1) is 26.1 Å². The third-order valence-corrected chi connectivity index (χ3v) is 10.7. The molecule has 0 N–H and O–H groups in total. The Morgan fingerprint density at radius 3 is 1.21 bits per heavy atom. The van der Waals surface area contributed by atoms with Crippen LogP contribution in [0.1, 0.15) is 51.4 Å². The molecule has 7 aromatic rings. The highest BCUT2D eigenvalue weighted by molar-refractivity contribution is 6.41. The predicted molar refractivity (Wildman–Crippen MR) is 210 cm³/mol. The average Bonchev–Trinajstić information content (AvgIpc) is 3.72. The summed E-state index contributed by atoms with van der Waals surface area (Å²) in [5.74, 6) is -2.81. The monoisotopic (exact) mass is 780 g/mol. The van der Waals surface area contributed by atoms with Crippen LogP contribution < -0.4 is 20.3 Å². The molecule has 0 spiro atoms. The predicted octanol–water partition coefficient (Wildman–Crippen LogP) is 5.73. The van der Waals surface area contributed by atoms with Crippen LogP contribution in [-0.4, -0.2) is 58.9 Å². The molecule has 2 heterocycles. The van der Waals surface area contributed by atoms with E-state index >= 15 is 0 Å². The number of amides is 4. The molecule has 0 bridgehead atoms. The summed E-state index contributed by atoms with van der Waals surface area (Å²) in [5.41, 5.74) is -0.383. The molecule has 0 radical (unpaired) electrons. The maximum absolute atomic E-state index is 14.2. The molecule has 0 aliphatic carbocycles. The molecule has 14 heteroatoms. The number of benzene rings is 7. The topological polar surface area (TPSA) is 180 Å². The number of hydrogen-bond donors (Lipinski definition) is 0. The first-order valence-electron chi connectivity index (χ1n) is 18.9. The molecule has 0 unspecified atom stereocenters. The summed E-state index contributed by atoms with van der Waals surface area (Å²) >= 11 is 0. The average molecular weight is 781 g/mol. The molecule has 0 atom stereocenters. The summed E-state index contributed by atoms with van der Waals surface area (Å²) in [5, 5.41) is 9.10. The Balaban J connectivity index is 1.01. The van der Waals surface area contributed by atoms with Crippen molar-refractivity contribution in [1.29, 1.82) is 0 Å². The van der Waals surface area contributed by atoms with E-state index in [2.05, 4.69) is 0 Å². The van der Waals surface area contributed by atoms with Gasteiger partial charge in [-0.05, 0) is 81.6 Å². The maximum atomic E-state index is 14.2. The highest BCUT2D eigenvalue weighted by Crippen LogP contribution is 2.44. The van der Waals surface area contributed by atoms with Gasteiger partial charge in [0.25, 0.3) is 23.6 Å². The minimum absolute atomic E-state index is 0.00999. The first-order valence-corrected chi connectivity index (χ1v) is 18.9. The van der Waals surface area contributed by atoms with E-state index in [1.807, 2.05) is 36.4 Å². The van der Waals surface area contributed by atoms with Crippen LogP contribution in [0.4, 0.5) is 0 Å². The number of carbonyl (C=O) groups is 6. The Hall–Kier alpha value is -7.22. The number of nitrogens with zero attached hydrogens (tertiary/aromatic N) is 2. The molecule has 2 aliphatic heterocycles. The fraction of sp³-hybridized carbons (Fsp3) is 0.227. The third kappa shape index (κ3) is 6.13. The smallest absolute Gasteiger partial charge is 0.333 e. The normalized spacial score (nSPS) is 14.7. The van der Waals surface area contributed by atoms with Crippen LogP contribution >= 0.6 is 0 Å². The van der Waals surface area contributed by atoms with Crippen molar-refractivity contribution in [2.45, 2.75) is 51.4 Å². The minimum Gasteiger partial charge on any atom is -0.494 e. The maximum Gasteiger partial charge on any atom is 0.333 e. The molecule has 2 aliphatic rings. The Labute approximate surface area is 327 Å². The van der Waals surface area contributed by atoms with Gasteiger partial charge in [-0.1, -0.05) is 36.4 Å². The van der Waals surface area contributed by atoms with Gasteiger partial charge in [-0.3, -0.25) is 28.8 Å². The summed E-state index contributed by atoms with van der Waals surface area (Å²) in [4.78, 5) is 110.